The average molecular weight is 140 g/mol. The minimum Gasteiger partial charge on any atom is -0.871 e. The SMILES string of the molecule is N.[Cu+2].[O-]B([O-])O. The maximum Gasteiger partial charge on any atom is 2.00 e. The molecule has 0 saturated heterocycles. The van der Waals surface area contributed by atoms with Gasteiger partial charge in [-0.25, -0.2) is 0 Å². The van der Waals surface area contributed by atoms with Crippen LogP contribution in [0.15, 0.2) is 0 Å². The van der Waals surface area contributed by atoms with Gasteiger partial charge in [-0.05, 0) is 0 Å². The largest absolute Gasteiger partial charge is 2.00 e. The molecular formula is H4BCuNO3. The van der Waals surface area contributed by atoms with Crippen molar-refractivity contribution in [1.82, 2.24) is 6.15 Å². The summed E-state index contributed by atoms with van der Waals surface area (Å²) in [5.74, 6) is 0. The quantitative estimate of drug-likeness (QED) is 0.347. The Hall–Kier alpha value is 0.424. The summed E-state index contributed by atoms with van der Waals surface area (Å²) in [6, 6.07) is 0. The molecule has 1 radical (unpaired) electrons. The number of hydrogen-bond donors (Lipinski definition) is 2. The van der Waals surface area contributed by atoms with Crippen molar-refractivity contribution in [2.24, 2.45) is 0 Å². The van der Waals surface area contributed by atoms with Gasteiger partial charge in [0.25, 0.3) is 0 Å². The molecule has 0 aromatic heterocycles. The summed E-state index contributed by atoms with van der Waals surface area (Å²) in [6.45, 7) is 0. The van der Waals surface area contributed by atoms with E-state index in [2.05, 4.69) is 0 Å². The normalized spacial score (nSPS) is 4.50. The van der Waals surface area contributed by atoms with E-state index < -0.39 is 7.32 Å². The zero-order chi connectivity index (χ0) is 3.58. The van der Waals surface area contributed by atoms with E-state index in [-0.39, 0.29) is 23.2 Å². The molecule has 0 amide bonds. The van der Waals surface area contributed by atoms with Crippen molar-refractivity contribution >= 4 is 7.32 Å². The maximum atomic E-state index is 8.53. The van der Waals surface area contributed by atoms with Crippen molar-refractivity contribution in [3.05, 3.63) is 0 Å². The van der Waals surface area contributed by atoms with Crippen molar-refractivity contribution in [1.29, 1.82) is 0 Å². The maximum absolute atomic E-state index is 8.53. The van der Waals surface area contributed by atoms with E-state index in [4.69, 9.17) is 15.1 Å². The van der Waals surface area contributed by atoms with Crippen LogP contribution in [-0.2, 0) is 17.1 Å². The van der Waals surface area contributed by atoms with Gasteiger partial charge in [0.2, 0.25) is 0 Å². The van der Waals surface area contributed by atoms with Gasteiger partial charge in [-0.3, -0.25) is 0 Å². The van der Waals surface area contributed by atoms with Crippen LogP contribution in [0.5, 0.6) is 0 Å². The Labute approximate surface area is 46.4 Å². The van der Waals surface area contributed by atoms with Gasteiger partial charge in [0, 0.05) is 0 Å². The molecule has 6 heteroatoms. The van der Waals surface area contributed by atoms with Crippen LogP contribution in [-0.4, -0.2) is 12.3 Å². The summed E-state index contributed by atoms with van der Waals surface area (Å²) in [4.78, 5) is 0. The van der Waals surface area contributed by atoms with E-state index in [0.29, 0.717) is 0 Å². The molecule has 0 heterocycles. The van der Waals surface area contributed by atoms with Crippen LogP contribution in [0.2, 0.25) is 0 Å². The predicted octanol–water partition coefficient (Wildman–Crippen LogP) is -3.16. The van der Waals surface area contributed by atoms with Crippen LogP contribution in [0, 0.1) is 0 Å². The molecule has 0 aromatic carbocycles. The van der Waals surface area contributed by atoms with Gasteiger partial charge < -0.3 is 21.2 Å². The van der Waals surface area contributed by atoms with Gasteiger partial charge >= 0.3 is 17.1 Å². The molecule has 0 unspecified atom stereocenters. The molecule has 0 aliphatic heterocycles. The third-order valence-electron chi connectivity index (χ3n) is 0. The Kier molecular flexibility index (Phi) is 24.3. The first-order chi connectivity index (χ1) is 1.73. The first-order valence-corrected chi connectivity index (χ1v) is 0.730. The summed E-state index contributed by atoms with van der Waals surface area (Å²) in [5, 5.41) is 24.0. The second kappa shape index (κ2) is 9.06. The van der Waals surface area contributed by atoms with E-state index in [0.717, 1.165) is 0 Å². The molecule has 0 rings (SSSR count). The summed E-state index contributed by atoms with van der Waals surface area (Å²) >= 11 is 0. The van der Waals surface area contributed by atoms with Crippen molar-refractivity contribution in [3.63, 3.8) is 0 Å². The molecule has 4 N–H and O–H groups in total. The molecule has 0 fully saturated rings. The first kappa shape index (κ1) is 16.1. The van der Waals surface area contributed by atoms with Crippen LogP contribution >= 0.6 is 0 Å². The molecule has 0 saturated carbocycles. The second-order valence-corrected chi connectivity index (χ2v) is 0.307. The van der Waals surface area contributed by atoms with Crippen molar-refractivity contribution < 1.29 is 32.1 Å². The molecule has 6 heavy (non-hydrogen) atoms. The summed E-state index contributed by atoms with van der Waals surface area (Å²) in [6.07, 6.45) is 0. The molecular weight excluding hydrogens is 136 g/mol. The smallest absolute Gasteiger partial charge is 0.871 e. The fourth-order valence-corrected chi connectivity index (χ4v) is 0. The summed E-state index contributed by atoms with van der Waals surface area (Å²) in [7, 11) is -2.67. The Morgan fingerprint density at radius 3 is 1.33 bits per heavy atom. The van der Waals surface area contributed by atoms with E-state index in [1.165, 1.54) is 0 Å². The van der Waals surface area contributed by atoms with Gasteiger partial charge in [-0.2, -0.15) is 0 Å². The van der Waals surface area contributed by atoms with Crippen LogP contribution in [0.25, 0.3) is 0 Å². The van der Waals surface area contributed by atoms with Gasteiger partial charge in [-0.1, -0.05) is 0 Å². The van der Waals surface area contributed by atoms with Gasteiger partial charge in [-0.15, -0.1) is 0 Å². The van der Waals surface area contributed by atoms with Crippen molar-refractivity contribution in [3.8, 4) is 0 Å². The fourth-order valence-electron chi connectivity index (χ4n) is 0. The molecule has 0 spiro atoms. The molecule has 0 bridgehead atoms. The Bertz CT molecular complexity index is 15.5. The van der Waals surface area contributed by atoms with Crippen molar-refractivity contribution in [2.45, 2.75) is 0 Å². The van der Waals surface area contributed by atoms with Crippen LogP contribution in [0.4, 0.5) is 0 Å². The molecule has 0 aromatic rings. The molecule has 4 nitrogen and oxygen atoms in total. The average Bonchev–Trinajstić information content (AvgIpc) is 0.811. The third-order valence-corrected chi connectivity index (χ3v) is 0. The molecule has 41 valence electrons. The molecule has 0 aliphatic rings. The Balaban J connectivity index is -0.0000000450. The topological polar surface area (TPSA) is 101 Å². The summed E-state index contributed by atoms with van der Waals surface area (Å²) < 4.78 is 0. The first-order valence-electron chi connectivity index (χ1n) is 0.730. The van der Waals surface area contributed by atoms with Gasteiger partial charge in [0.15, 0.2) is 0 Å². The van der Waals surface area contributed by atoms with Crippen LogP contribution in [0.3, 0.4) is 0 Å². The van der Waals surface area contributed by atoms with E-state index in [9.17, 15) is 0 Å². The van der Waals surface area contributed by atoms with E-state index in [1.807, 2.05) is 0 Å². The molecule has 0 atom stereocenters. The van der Waals surface area contributed by atoms with E-state index in [1.54, 1.807) is 0 Å². The minimum atomic E-state index is -2.67. The monoisotopic (exact) mass is 140 g/mol. The Morgan fingerprint density at radius 2 is 1.33 bits per heavy atom. The molecule has 0 aliphatic carbocycles. The third kappa shape index (κ3) is 288. The van der Waals surface area contributed by atoms with Gasteiger partial charge in [0.1, 0.15) is 0 Å². The zero-order valence-electron chi connectivity index (χ0n) is 2.85. The fraction of sp³-hybridized carbons (Fsp3) is 0. The van der Waals surface area contributed by atoms with Crippen LogP contribution < -0.4 is 16.2 Å². The minimum absolute atomic E-state index is 0. The standard InChI is InChI=1S/BHO3.Cu.H3N/c2-1(3)4;;/h2H;;1H3/q-2;+2;. The van der Waals surface area contributed by atoms with Crippen molar-refractivity contribution in [2.75, 3.05) is 0 Å². The zero-order valence-corrected chi connectivity index (χ0v) is 3.79. The van der Waals surface area contributed by atoms with E-state index >= 15 is 0 Å². The van der Waals surface area contributed by atoms with Crippen LogP contribution in [0.1, 0.15) is 0 Å². The second-order valence-electron chi connectivity index (χ2n) is 0.307. The Morgan fingerprint density at radius 1 is 1.33 bits per heavy atom. The number of rotatable bonds is 0. The van der Waals surface area contributed by atoms with Gasteiger partial charge in [0.05, 0.1) is 7.32 Å². The predicted molar refractivity (Wildman–Crippen MR) is 13.0 cm³/mol. The number of hydrogen-bond acceptors (Lipinski definition) is 4. The summed E-state index contributed by atoms with van der Waals surface area (Å²) in [5.41, 5.74) is 0.